The van der Waals surface area contributed by atoms with Gasteiger partial charge in [-0.15, -0.1) is 5.10 Å². The normalized spacial score (nSPS) is 15.4. The Kier molecular flexibility index (Phi) is 3.78. The van der Waals surface area contributed by atoms with Gasteiger partial charge in [0.1, 0.15) is 0 Å². The van der Waals surface area contributed by atoms with Gasteiger partial charge in [0, 0.05) is 5.69 Å². The fourth-order valence-corrected chi connectivity index (χ4v) is 3.59. The summed E-state index contributed by atoms with van der Waals surface area (Å²) in [5, 5.41) is 12.5. The molecule has 2 aromatic rings. The number of hydrogen-bond acceptors (Lipinski definition) is 6. The number of nitrogens with zero attached hydrogens (tertiary/aromatic N) is 4. The van der Waals surface area contributed by atoms with Crippen LogP contribution >= 0.6 is 11.8 Å². The van der Waals surface area contributed by atoms with Crippen molar-refractivity contribution in [3.05, 3.63) is 23.8 Å². The van der Waals surface area contributed by atoms with Crippen molar-refractivity contribution in [2.45, 2.75) is 41.8 Å². The quantitative estimate of drug-likeness (QED) is 0.830. The highest BCUT2D eigenvalue weighted by Gasteiger charge is 2.23. The summed E-state index contributed by atoms with van der Waals surface area (Å²) in [7, 11) is 0. The number of carbonyl (C=O) groups excluding carboxylic acids is 1. The average molecular weight is 304 g/mol. The van der Waals surface area contributed by atoms with Gasteiger partial charge in [0.15, 0.2) is 0 Å². The molecule has 1 heterocycles. The molecule has 21 heavy (non-hydrogen) atoms. The summed E-state index contributed by atoms with van der Waals surface area (Å²) in [6, 6.07) is 5.42. The predicted octanol–water partition coefficient (Wildman–Crippen LogP) is 1.62. The van der Waals surface area contributed by atoms with Gasteiger partial charge in [-0.2, -0.15) is 0 Å². The smallest absolute Gasteiger partial charge is 0.249 e. The van der Waals surface area contributed by atoms with Crippen LogP contribution in [0, 0.1) is 0 Å². The molecule has 8 heteroatoms. The van der Waals surface area contributed by atoms with E-state index in [1.807, 2.05) is 4.68 Å². The number of primary amides is 1. The number of carbonyl (C=O) groups is 1. The Morgan fingerprint density at radius 1 is 1.33 bits per heavy atom. The van der Waals surface area contributed by atoms with E-state index < -0.39 is 5.91 Å². The van der Waals surface area contributed by atoms with E-state index in [0.29, 0.717) is 27.3 Å². The topological polar surface area (TPSA) is 113 Å². The minimum Gasteiger partial charge on any atom is -0.398 e. The minimum absolute atomic E-state index is 0.324. The number of aromatic nitrogens is 4. The maximum atomic E-state index is 11.5. The fraction of sp³-hybridized carbons (Fsp3) is 0.385. The van der Waals surface area contributed by atoms with Crippen LogP contribution in [0.3, 0.4) is 0 Å². The van der Waals surface area contributed by atoms with Gasteiger partial charge in [-0.25, -0.2) is 4.68 Å². The van der Waals surface area contributed by atoms with E-state index in [9.17, 15) is 4.79 Å². The van der Waals surface area contributed by atoms with E-state index in [2.05, 4.69) is 15.5 Å². The first-order valence-electron chi connectivity index (χ1n) is 6.81. The van der Waals surface area contributed by atoms with Gasteiger partial charge in [-0.05, 0) is 47.2 Å². The molecule has 4 N–H and O–H groups in total. The van der Waals surface area contributed by atoms with E-state index in [4.69, 9.17) is 11.5 Å². The number of rotatable bonds is 4. The highest BCUT2D eigenvalue weighted by molar-refractivity contribution is 7.99. The Hall–Kier alpha value is -2.09. The molecule has 3 rings (SSSR count). The van der Waals surface area contributed by atoms with Crippen molar-refractivity contribution in [1.82, 2.24) is 20.2 Å². The molecule has 0 unspecified atom stereocenters. The Bertz CT molecular complexity index is 664. The summed E-state index contributed by atoms with van der Waals surface area (Å²) >= 11 is 1.29. The first-order valence-corrected chi connectivity index (χ1v) is 7.62. The SMILES string of the molecule is NC(=O)c1cccc(N)c1Sc1nnnn1C1CCCC1. The van der Waals surface area contributed by atoms with Gasteiger partial charge in [0.25, 0.3) is 0 Å². The van der Waals surface area contributed by atoms with Gasteiger partial charge >= 0.3 is 0 Å². The zero-order chi connectivity index (χ0) is 14.8. The van der Waals surface area contributed by atoms with Gasteiger partial charge < -0.3 is 11.5 Å². The Morgan fingerprint density at radius 2 is 2.10 bits per heavy atom. The minimum atomic E-state index is -0.510. The zero-order valence-electron chi connectivity index (χ0n) is 11.4. The molecule has 1 amide bonds. The van der Waals surface area contributed by atoms with E-state index in [0.717, 1.165) is 12.8 Å². The van der Waals surface area contributed by atoms with E-state index >= 15 is 0 Å². The molecule has 0 atom stereocenters. The van der Waals surface area contributed by atoms with Crippen molar-refractivity contribution in [3.8, 4) is 0 Å². The van der Waals surface area contributed by atoms with Crippen LogP contribution in [0.15, 0.2) is 28.3 Å². The molecule has 110 valence electrons. The number of anilines is 1. The molecule has 0 radical (unpaired) electrons. The number of nitrogen functional groups attached to an aromatic ring is 1. The maximum Gasteiger partial charge on any atom is 0.249 e. The number of nitrogens with two attached hydrogens (primary N) is 2. The van der Waals surface area contributed by atoms with Crippen molar-refractivity contribution < 1.29 is 4.79 Å². The van der Waals surface area contributed by atoms with Crippen molar-refractivity contribution in [2.24, 2.45) is 5.73 Å². The van der Waals surface area contributed by atoms with Crippen molar-refractivity contribution >= 4 is 23.4 Å². The Labute approximate surface area is 126 Å². The van der Waals surface area contributed by atoms with E-state index in [1.54, 1.807) is 18.2 Å². The largest absolute Gasteiger partial charge is 0.398 e. The summed E-state index contributed by atoms with van der Waals surface area (Å²) in [4.78, 5) is 12.1. The number of benzene rings is 1. The molecule has 0 bridgehead atoms. The number of hydrogen-bond donors (Lipinski definition) is 2. The van der Waals surface area contributed by atoms with Crippen LogP contribution in [0.5, 0.6) is 0 Å². The molecular formula is C13H16N6OS. The van der Waals surface area contributed by atoms with Crippen LogP contribution in [0.2, 0.25) is 0 Å². The van der Waals surface area contributed by atoms with Gasteiger partial charge in [0.2, 0.25) is 11.1 Å². The lowest BCUT2D eigenvalue weighted by Gasteiger charge is -2.12. The standard InChI is InChI=1S/C13H16N6OS/c14-10-7-3-6-9(12(15)20)11(10)21-13-16-17-18-19(13)8-4-1-2-5-8/h3,6-8H,1-2,4-5,14H2,(H2,15,20). The molecule has 0 aliphatic heterocycles. The van der Waals surface area contributed by atoms with Crippen molar-refractivity contribution in [1.29, 1.82) is 0 Å². The Balaban J connectivity index is 1.94. The molecule has 0 saturated heterocycles. The lowest BCUT2D eigenvalue weighted by molar-refractivity contribution is 0.0997. The fourth-order valence-electron chi connectivity index (χ4n) is 2.58. The van der Waals surface area contributed by atoms with Crippen LogP contribution in [0.4, 0.5) is 5.69 Å². The predicted molar refractivity (Wildman–Crippen MR) is 78.8 cm³/mol. The second-order valence-electron chi connectivity index (χ2n) is 5.03. The molecular weight excluding hydrogens is 288 g/mol. The molecule has 1 aliphatic carbocycles. The van der Waals surface area contributed by atoms with Gasteiger partial charge in [-0.3, -0.25) is 4.79 Å². The second-order valence-corrected chi connectivity index (χ2v) is 6.01. The molecule has 7 nitrogen and oxygen atoms in total. The van der Waals surface area contributed by atoms with Crippen LogP contribution in [-0.4, -0.2) is 26.1 Å². The monoisotopic (exact) mass is 304 g/mol. The lowest BCUT2D eigenvalue weighted by Crippen LogP contribution is -2.13. The first kappa shape index (κ1) is 13.9. The highest BCUT2D eigenvalue weighted by atomic mass is 32.2. The van der Waals surface area contributed by atoms with Crippen LogP contribution in [-0.2, 0) is 0 Å². The number of tetrazole rings is 1. The summed E-state index contributed by atoms with van der Waals surface area (Å²) in [5.41, 5.74) is 12.3. The molecule has 1 aromatic heterocycles. The van der Waals surface area contributed by atoms with Crippen molar-refractivity contribution in [2.75, 3.05) is 5.73 Å². The molecule has 1 aliphatic rings. The van der Waals surface area contributed by atoms with Crippen molar-refractivity contribution in [3.63, 3.8) is 0 Å². The van der Waals surface area contributed by atoms with Crippen LogP contribution in [0.1, 0.15) is 42.1 Å². The zero-order valence-corrected chi connectivity index (χ0v) is 12.2. The first-order chi connectivity index (χ1) is 10.2. The molecule has 0 spiro atoms. The third-order valence-corrected chi connectivity index (χ3v) is 4.75. The molecule has 1 fully saturated rings. The highest BCUT2D eigenvalue weighted by Crippen LogP contribution is 2.37. The third kappa shape index (κ3) is 2.71. The van der Waals surface area contributed by atoms with E-state index in [-0.39, 0.29) is 0 Å². The van der Waals surface area contributed by atoms with E-state index in [1.165, 1.54) is 24.6 Å². The van der Waals surface area contributed by atoms with Gasteiger partial charge in [0.05, 0.1) is 16.5 Å². The van der Waals surface area contributed by atoms with Gasteiger partial charge in [-0.1, -0.05) is 18.9 Å². The number of amides is 1. The van der Waals surface area contributed by atoms with Crippen LogP contribution < -0.4 is 11.5 Å². The molecule has 1 saturated carbocycles. The summed E-state index contributed by atoms with van der Waals surface area (Å²) < 4.78 is 1.83. The Morgan fingerprint density at radius 3 is 2.81 bits per heavy atom. The second kappa shape index (κ2) is 5.72. The van der Waals surface area contributed by atoms with Crippen LogP contribution in [0.25, 0.3) is 0 Å². The maximum absolute atomic E-state index is 11.5. The molecule has 1 aromatic carbocycles. The summed E-state index contributed by atoms with van der Waals surface area (Å²) in [6.45, 7) is 0. The average Bonchev–Trinajstić information content (AvgIpc) is 3.11. The third-order valence-electron chi connectivity index (χ3n) is 3.64. The summed E-state index contributed by atoms with van der Waals surface area (Å²) in [6.07, 6.45) is 4.53. The summed E-state index contributed by atoms with van der Waals surface area (Å²) in [5.74, 6) is -0.510. The lowest BCUT2D eigenvalue weighted by atomic mass is 10.2.